The van der Waals surface area contributed by atoms with E-state index in [4.69, 9.17) is 4.74 Å². The number of hydrogen-bond acceptors (Lipinski definition) is 5. The maximum absolute atomic E-state index is 13.6. The van der Waals surface area contributed by atoms with Crippen LogP contribution in [0.15, 0.2) is 53.4 Å². The molecule has 0 aliphatic carbocycles. The largest absolute Gasteiger partial charge is 0.389 e. The molecule has 3 rings (SSSR count). The first kappa shape index (κ1) is 21.9. The molecule has 1 atom stereocenters. The van der Waals surface area contributed by atoms with Crippen molar-refractivity contribution in [1.82, 2.24) is 9.21 Å². The highest BCUT2D eigenvalue weighted by atomic mass is 32.2. The van der Waals surface area contributed by atoms with Gasteiger partial charge in [0.2, 0.25) is 10.0 Å². The minimum absolute atomic E-state index is 0.0935. The van der Waals surface area contributed by atoms with Crippen molar-refractivity contribution in [3.63, 3.8) is 0 Å². The summed E-state index contributed by atoms with van der Waals surface area (Å²) in [6.45, 7) is 4.32. The number of aliphatic hydroxyl groups is 1. The van der Waals surface area contributed by atoms with Crippen molar-refractivity contribution in [1.29, 1.82) is 0 Å². The van der Waals surface area contributed by atoms with Gasteiger partial charge in [-0.2, -0.15) is 4.31 Å². The van der Waals surface area contributed by atoms with E-state index in [-0.39, 0.29) is 19.0 Å². The number of β-amino-alcohol motifs (C(OH)–C–C–N with tert-alkyl or cyclic N) is 1. The van der Waals surface area contributed by atoms with Crippen LogP contribution in [-0.4, -0.2) is 68.2 Å². The van der Waals surface area contributed by atoms with Gasteiger partial charge in [-0.05, 0) is 25.1 Å². The van der Waals surface area contributed by atoms with Crippen molar-refractivity contribution in [3.8, 4) is 0 Å². The fourth-order valence-electron chi connectivity index (χ4n) is 3.28. The number of nitrogens with zero attached hydrogens (tertiary/aromatic N) is 2. The third-order valence-corrected chi connectivity index (χ3v) is 6.90. The lowest BCUT2D eigenvalue weighted by Crippen LogP contribution is -2.50. The van der Waals surface area contributed by atoms with Crippen molar-refractivity contribution >= 4 is 10.0 Å². The molecule has 0 radical (unpaired) electrons. The van der Waals surface area contributed by atoms with Gasteiger partial charge in [0.25, 0.3) is 0 Å². The summed E-state index contributed by atoms with van der Waals surface area (Å²) in [5, 5.41) is 10.2. The molecular formula is C21H27FN2O4S. The molecule has 0 spiro atoms. The second-order valence-corrected chi connectivity index (χ2v) is 9.22. The highest BCUT2D eigenvalue weighted by Gasteiger charge is 2.29. The van der Waals surface area contributed by atoms with Crippen LogP contribution in [-0.2, 0) is 21.4 Å². The van der Waals surface area contributed by atoms with Gasteiger partial charge in [0.1, 0.15) is 5.82 Å². The number of sulfonamides is 1. The van der Waals surface area contributed by atoms with Crippen LogP contribution in [0.2, 0.25) is 0 Å². The smallest absolute Gasteiger partial charge is 0.243 e. The summed E-state index contributed by atoms with van der Waals surface area (Å²) in [5.41, 5.74) is 1.47. The van der Waals surface area contributed by atoms with Crippen LogP contribution in [0.1, 0.15) is 11.1 Å². The van der Waals surface area contributed by atoms with Gasteiger partial charge in [0, 0.05) is 38.3 Å². The minimum Gasteiger partial charge on any atom is -0.389 e. The molecule has 158 valence electrons. The lowest BCUT2D eigenvalue weighted by Gasteiger charge is -2.34. The number of halogens is 1. The first-order chi connectivity index (χ1) is 13.9. The van der Waals surface area contributed by atoms with Crippen molar-refractivity contribution in [3.05, 3.63) is 65.5 Å². The summed E-state index contributed by atoms with van der Waals surface area (Å²) >= 11 is 0. The standard InChI is InChI=1S/C21H27FN2O4S/c1-17-6-8-20(9-7-17)29(26,27)24-12-10-23(11-13-24)14-19(25)16-28-15-18-4-2-3-5-21(18)22/h2-9,19,25H,10-16H2,1H3. The van der Waals surface area contributed by atoms with Gasteiger partial charge in [0.05, 0.1) is 24.2 Å². The SMILES string of the molecule is Cc1ccc(S(=O)(=O)N2CCN(CC(O)COCc3ccccc3F)CC2)cc1. The Bertz CT molecular complexity index is 897. The molecule has 1 fully saturated rings. The summed E-state index contributed by atoms with van der Waals surface area (Å²) in [6, 6.07) is 13.2. The van der Waals surface area contributed by atoms with E-state index in [0.717, 1.165) is 5.56 Å². The molecule has 0 aromatic heterocycles. The normalized spacial score (nSPS) is 17.3. The Hall–Kier alpha value is -1.84. The van der Waals surface area contributed by atoms with E-state index < -0.39 is 16.1 Å². The van der Waals surface area contributed by atoms with Gasteiger partial charge in [0.15, 0.2) is 0 Å². The fraction of sp³-hybridized carbons (Fsp3) is 0.429. The van der Waals surface area contributed by atoms with Gasteiger partial charge >= 0.3 is 0 Å². The first-order valence-corrected chi connectivity index (χ1v) is 11.1. The zero-order valence-corrected chi connectivity index (χ0v) is 17.3. The molecule has 8 heteroatoms. The Morgan fingerprint density at radius 3 is 2.38 bits per heavy atom. The lowest BCUT2D eigenvalue weighted by atomic mass is 10.2. The topological polar surface area (TPSA) is 70.1 Å². The summed E-state index contributed by atoms with van der Waals surface area (Å²) in [6.07, 6.45) is -0.720. The maximum Gasteiger partial charge on any atom is 0.243 e. The fourth-order valence-corrected chi connectivity index (χ4v) is 4.71. The summed E-state index contributed by atoms with van der Waals surface area (Å²) in [7, 11) is -3.50. The Labute approximate surface area is 171 Å². The van der Waals surface area contributed by atoms with E-state index in [1.54, 1.807) is 42.5 Å². The van der Waals surface area contributed by atoms with Gasteiger partial charge < -0.3 is 9.84 Å². The first-order valence-electron chi connectivity index (χ1n) is 9.64. The number of hydrogen-bond donors (Lipinski definition) is 1. The summed E-state index contributed by atoms with van der Waals surface area (Å²) in [5.74, 6) is -0.326. The molecule has 2 aromatic carbocycles. The second-order valence-electron chi connectivity index (χ2n) is 7.28. The van der Waals surface area contributed by atoms with E-state index in [1.165, 1.54) is 10.4 Å². The Morgan fingerprint density at radius 1 is 1.07 bits per heavy atom. The third-order valence-electron chi connectivity index (χ3n) is 4.98. The van der Waals surface area contributed by atoms with Gasteiger partial charge in [-0.25, -0.2) is 12.8 Å². The van der Waals surface area contributed by atoms with Crippen LogP contribution in [0.5, 0.6) is 0 Å². The third kappa shape index (κ3) is 5.83. The van der Waals surface area contributed by atoms with Gasteiger partial charge in [-0.1, -0.05) is 35.9 Å². The molecule has 29 heavy (non-hydrogen) atoms. The van der Waals surface area contributed by atoms with E-state index in [9.17, 15) is 17.9 Å². The predicted molar refractivity (Wildman–Crippen MR) is 108 cm³/mol. The number of ether oxygens (including phenoxy) is 1. The molecule has 1 heterocycles. The van der Waals surface area contributed by atoms with E-state index in [1.807, 2.05) is 11.8 Å². The van der Waals surface area contributed by atoms with Crippen LogP contribution in [0.25, 0.3) is 0 Å². The second kappa shape index (κ2) is 9.77. The number of aryl methyl sites for hydroxylation is 1. The van der Waals surface area contributed by atoms with Crippen LogP contribution in [0, 0.1) is 12.7 Å². The van der Waals surface area contributed by atoms with E-state index in [2.05, 4.69) is 0 Å². The highest BCUT2D eigenvalue weighted by molar-refractivity contribution is 7.89. The van der Waals surface area contributed by atoms with Crippen molar-refractivity contribution in [2.24, 2.45) is 0 Å². The molecule has 0 amide bonds. The molecule has 1 aliphatic rings. The molecule has 2 aromatic rings. The molecule has 0 saturated carbocycles. The quantitative estimate of drug-likeness (QED) is 0.705. The van der Waals surface area contributed by atoms with Crippen molar-refractivity contribution in [2.75, 3.05) is 39.3 Å². The van der Waals surface area contributed by atoms with Crippen LogP contribution < -0.4 is 0 Å². The number of rotatable bonds is 8. The Balaban J connectivity index is 1.43. The number of piperazine rings is 1. The van der Waals surface area contributed by atoms with E-state index in [0.29, 0.717) is 43.2 Å². The molecular weight excluding hydrogens is 395 g/mol. The average Bonchev–Trinajstić information content (AvgIpc) is 2.70. The monoisotopic (exact) mass is 422 g/mol. The lowest BCUT2D eigenvalue weighted by molar-refractivity contribution is 0.00469. The van der Waals surface area contributed by atoms with Gasteiger partial charge in [-0.15, -0.1) is 0 Å². The van der Waals surface area contributed by atoms with Crippen molar-refractivity contribution in [2.45, 2.75) is 24.5 Å². The summed E-state index contributed by atoms with van der Waals surface area (Å²) in [4.78, 5) is 2.32. The molecule has 1 aliphatic heterocycles. The van der Waals surface area contributed by atoms with E-state index >= 15 is 0 Å². The van der Waals surface area contributed by atoms with Crippen LogP contribution in [0.3, 0.4) is 0 Å². The minimum atomic E-state index is -3.50. The van der Waals surface area contributed by atoms with Crippen LogP contribution >= 0.6 is 0 Å². The molecule has 1 N–H and O–H groups in total. The highest BCUT2D eigenvalue weighted by Crippen LogP contribution is 2.18. The Morgan fingerprint density at radius 2 is 1.72 bits per heavy atom. The number of aliphatic hydroxyl groups excluding tert-OH is 1. The maximum atomic E-state index is 13.6. The molecule has 1 unspecified atom stereocenters. The van der Waals surface area contributed by atoms with Gasteiger partial charge in [-0.3, -0.25) is 4.90 Å². The number of benzene rings is 2. The molecule has 1 saturated heterocycles. The molecule has 6 nitrogen and oxygen atoms in total. The predicted octanol–water partition coefficient (Wildman–Crippen LogP) is 2.02. The molecule has 0 bridgehead atoms. The Kier molecular flexibility index (Phi) is 7.37. The van der Waals surface area contributed by atoms with Crippen LogP contribution in [0.4, 0.5) is 4.39 Å². The zero-order valence-electron chi connectivity index (χ0n) is 16.5. The summed E-state index contributed by atoms with van der Waals surface area (Å²) < 4.78 is 45.9. The average molecular weight is 423 g/mol. The zero-order chi connectivity index (χ0) is 20.9. The van der Waals surface area contributed by atoms with Crippen molar-refractivity contribution < 1.29 is 22.7 Å².